The summed E-state index contributed by atoms with van der Waals surface area (Å²) in [6, 6.07) is 50.3. The zero-order valence-corrected chi connectivity index (χ0v) is 90.0. The van der Waals surface area contributed by atoms with Gasteiger partial charge in [-0.3, -0.25) is 58.6 Å². The Bertz CT molecular complexity index is 4030. The third-order valence-electron chi connectivity index (χ3n) is 19.8. The van der Waals surface area contributed by atoms with Crippen LogP contribution in [0.3, 0.4) is 0 Å². The van der Waals surface area contributed by atoms with E-state index in [0.717, 1.165) is 29.9 Å². The maximum absolute atomic E-state index is 11.9. The molecule has 6 heterocycles. The van der Waals surface area contributed by atoms with E-state index in [9.17, 15) is 67.1 Å². The minimum Gasteiger partial charge on any atom is -0.684 e. The molecule has 8 aliphatic rings. The monoisotopic (exact) mass is 2490 g/mol. The molecular formula is C100H129N13O15W4. The number of rotatable bonds is 13. The fourth-order valence-electron chi connectivity index (χ4n) is 12.4. The summed E-state index contributed by atoms with van der Waals surface area (Å²) >= 11 is 0. The van der Waals surface area contributed by atoms with Gasteiger partial charge in [0.25, 0.3) is 11.8 Å². The van der Waals surface area contributed by atoms with Gasteiger partial charge in [-0.15, -0.1) is 138 Å². The topological polar surface area (TPSA) is 387 Å². The molecule has 14 rings (SSSR count). The summed E-state index contributed by atoms with van der Waals surface area (Å²) in [5, 5.41) is 30.4. The first-order valence-electron chi connectivity index (χ1n) is 43.8. The molecule has 6 saturated heterocycles. The van der Waals surface area contributed by atoms with Crippen molar-refractivity contribution in [3.05, 3.63) is 279 Å². The van der Waals surface area contributed by atoms with Crippen LogP contribution in [-0.2, 0) is 123 Å². The standard InChI is InChI=1S/2C14H15NO2.C13H13N2O4.2C13H13N2O2.C12H11N2O3.C7H15N.C6H14N2.4C2H6.4W/c2*1-10-7-8-12(13(16)9-10)15-14(17)11-5-3-2-4-6-11;1-19-9-4-2-3-8(7-9)12(17)14-10-5-6-11(16)15-13(10)18;2*1-9-7-8-11(13(17)14-9)15-12(16)10-5-3-2-4-6-10;15-10-7-6-9(12(17)14-10)13-11(16)8-4-2-1-3-5-8;2*1-7-3-5-8(2)6-4-7;4*1-2;;;;/h2*2-6,12H,1,7-9H2,(H,15,17);2,4,7,10H,5-6H2,1H3,(H2,14,15,16,17,18);2*2-5,11H,1,7-8H2,(H2,14,15,16,17);1-4,9H,6-7H2,(H2,13,14,15,16,17);7H,3-6H2,1-2H3;3-6H2,1-2H3;4*1-2H3;;;;/q;;4*-1;;;;;;;4*+2/p-4/t;;;;;9-;;;;;;;;;;/m.....1........../s1. The van der Waals surface area contributed by atoms with Gasteiger partial charge in [0.1, 0.15) is 0 Å². The van der Waals surface area contributed by atoms with Gasteiger partial charge in [0.2, 0.25) is 35.4 Å². The quantitative estimate of drug-likeness (QED) is 0.0355. The number of ketones is 2. The van der Waals surface area contributed by atoms with Gasteiger partial charge in [-0.05, 0) is 176 Å². The normalized spacial score (nSPS) is 18.8. The molecule has 2 aliphatic carbocycles. The second-order valence-corrected chi connectivity index (χ2v) is 29.7. The van der Waals surface area contributed by atoms with E-state index in [1.165, 1.54) is 65.3 Å². The number of benzene rings is 6. The molecule has 0 radical (unpaired) electrons. The molecule has 2 saturated carbocycles. The SMILES string of the molecule is C=C1CCC(NC(=O)c2ccccc2)C(=O)C1.C=C1CCC(NC(=O)c2ccccc2)C(=O)C1.C=C1CCC([N-]C(=O)c2[c-]cccc2)C(=O)N1.C=C1CCC([N-]C(=O)c2[c-]cccc2)C(=O)N1.CC.CC.CC.CC.CC1CCN(C)CC1.CN1CCN(C)CC1.COc1cc[c-]c(C(=O)[N-]C2CCC(=O)NC2=O)c1.O=C1CC[C@@H]([N-]C(=O)c2[c-]cccc2)C(=O)N1.[W+2].[W+2].[W+2].[W+2]. The van der Waals surface area contributed by atoms with Gasteiger partial charge >= 0.3 is 84.3 Å². The molecule has 32 heteroatoms. The van der Waals surface area contributed by atoms with Crippen LogP contribution in [0.2, 0.25) is 0 Å². The molecule has 6 N–H and O–H groups in total. The Hall–Kier alpha value is -9.91. The smallest absolute Gasteiger partial charge is 0.684 e. The van der Waals surface area contributed by atoms with Crippen molar-refractivity contribution in [3.63, 3.8) is 0 Å². The molecular weight excluding hydrogens is 2360 g/mol. The van der Waals surface area contributed by atoms with E-state index in [1.807, 2.05) is 67.5 Å². The number of allylic oxidation sites excluding steroid dienone is 4. The van der Waals surface area contributed by atoms with Gasteiger partial charge in [-0.2, -0.15) is 0 Å². The number of carbonyl (C=O) groups is 14. The largest absolute Gasteiger partial charge is 2.00 e. The number of likely N-dealkylation sites (N-methyl/N-ethyl adjacent to an activating group) is 2. The summed E-state index contributed by atoms with van der Waals surface area (Å²) in [7, 11) is 8.03. The Labute approximate surface area is 838 Å². The van der Waals surface area contributed by atoms with Gasteiger partial charge < -0.3 is 81.1 Å². The number of hydrogen-bond acceptors (Lipinski definition) is 18. The summed E-state index contributed by atoms with van der Waals surface area (Å²) < 4.78 is 4.99. The molecule has 6 aromatic rings. The van der Waals surface area contributed by atoms with Crippen molar-refractivity contribution >= 4 is 82.5 Å². The predicted molar refractivity (Wildman–Crippen MR) is 499 cm³/mol. The maximum Gasteiger partial charge on any atom is 2.00 e. The number of nitrogens with one attached hydrogen (secondary N) is 6. The Balaban J connectivity index is 0. The molecule has 12 amide bonds. The number of ether oxygens (including phenoxy) is 1. The molecule has 6 atom stereocenters. The number of hydrogen-bond donors (Lipinski definition) is 6. The third-order valence-corrected chi connectivity index (χ3v) is 19.8. The minimum absolute atomic E-state index is 0. The van der Waals surface area contributed by atoms with Gasteiger partial charge in [0.05, 0.1) is 19.2 Å². The number of piperazine rings is 1. The van der Waals surface area contributed by atoms with Crippen LogP contribution >= 0.6 is 0 Å². The molecule has 0 bridgehead atoms. The number of Topliss-reactive ketones (excluding diaryl/α,β-unsaturated/α-hetero) is 2. The predicted octanol–water partition coefficient (Wildman–Crippen LogP) is 14.7. The molecule has 28 nitrogen and oxygen atoms in total. The summed E-state index contributed by atoms with van der Waals surface area (Å²) in [4.78, 5) is 169. The molecule has 8 fully saturated rings. The van der Waals surface area contributed by atoms with E-state index in [1.54, 1.807) is 133 Å². The van der Waals surface area contributed by atoms with E-state index in [0.29, 0.717) is 96.3 Å². The van der Waals surface area contributed by atoms with E-state index in [2.05, 4.69) is 147 Å². The number of imide groups is 2. The average Bonchev–Trinajstić information content (AvgIpc) is 0.869. The van der Waals surface area contributed by atoms with Crippen LogP contribution in [0.1, 0.15) is 227 Å². The van der Waals surface area contributed by atoms with E-state index in [4.69, 9.17) is 4.74 Å². The van der Waals surface area contributed by atoms with Crippen LogP contribution in [0.4, 0.5) is 0 Å². The fourth-order valence-corrected chi connectivity index (χ4v) is 12.4. The summed E-state index contributed by atoms with van der Waals surface area (Å²) in [6.45, 7) is 40.8. The average molecular weight is 2490 g/mol. The van der Waals surface area contributed by atoms with Crippen LogP contribution < -0.4 is 36.6 Å². The Morgan fingerprint density at radius 3 is 0.955 bits per heavy atom. The summed E-state index contributed by atoms with van der Waals surface area (Å²) in [6.07, 6.45) is 9.84. The van der Waals surface area contributed by atoms with E-state index >= 15 is 0 Å². The molecule has 0 aromatic heterocycles. The first kappa shape index (κ1) is 124. The van der Waals surface area contributed by atoms with E-state index < -0.39 is 59.6 Å². The first-order chi connectivity index (χ1) is 61.5. The van der Waals surface area contributed by atoms with Crippen molar-refractivity contribution in [1.82, 2.24) is 46.6 Å². The van der Waals surface area contributed by atoms with Crippen LogP contribution in [-0.4, -0.2) is 201 Å². The Morgan fingerprint density at radius 1 is 0.371 bits per heavy atom. The van der Waals surface area contributed by atoms with Gasteiger partial charge in [0, 0.05) is 80.1 Å². The van der Waals surface area contributed by atoms with Crippen LogP contribution in [0, 0.1) is 30.2 Å². The van der Waals surface area contributed by atoms with Crippen LogP contribution in [0.15, 0.2) is 201 Å². The molecule has 6 aromatic carbocycles. The number of amides is 12. The van der Waals surface area contributed by atoms with Crippen molar-refractivity contribution in [1.29, 1.82) is 0 Å². The second-order valence-electron chi connectivity index (χ2n) is 29.7. The molecule has 5 unspecified atom stereocenters. The summed E-state index contributed by atoms with van der Waals surface area (Å²) in [5.41, 5.74) is 5.76. The van der Waals surface area contributed by atoms with Crippen molar-refractivity contribution in [2.45, 2.75) is 201 Å². The molecule has 0 spiro atoms. The molecule has 132 heavy (non-hydrogen) atoms. The number of carbonyl (C=O) groups excluding carboxylic acids is 14. The number of methoxy groups -OCH3 is 1. The minimum atomic E-state index is -0.815. The maximum atomic E-state index is 11.9. The molecule has 708 valence electrons. The second kappa shape index (κ2) is 70.8. The first-order valence-corrected chi connectivity index (χ1v) is 43.8. The van der Waals surface area contributed by atoms with Crippen molar-refractivity contribution < 1.29 is 156 Å². The summed E-state index contributed by atoms with van der Waals surface area (Å²) in [5.74, 6) is -2.81. The van der Waals surface area contributed by atoms with Gasteiger partial charge in [-0.25, -0.2) is 0 Å². The third kappa shape index (κ3) is 48.1. The Kier molecular flexibility index (Phi) is 66.6. The number of piperidine rings is 5. The van der Waals surface area contributed by atoms with Crippen molar-refractivity contribution in [2.75, 3.05) is 67.5 Å². The van der Waals surface area contributed by atoms with Crippen LogP contribution in [0.5, 0.6) is 5.75 Å². The number of likely N-dealkylation sites (tertiary alicyclic amines) is 1. The van der Waals surface area contributed by atoms with Gasteiger partial charge in [-0.1, -0.05) is 149 Å². The van der Waals surface area contributed by atoms with Crippen molar-refractivity contribution in [3.8, 4) is 5.75 Å². The zero-order chi connectivity index (χ0) is 95.0. The molecule has 6 aliphatic heterocycles. The Morgan fingerprint density at radius 2 is 0.667 bits per heavy atom. The van der Waals surface area contributed by atoms with Crippen molar-refractivity contribution in [2.24, 2.45) is 5.92 Å². The number of nitrogens with zero attached hydrogens (tertiary/aromatic N) is 7. The van der Waals surface area contributed by atoms with E-state index in [-0.39, 0.29) is 175 Å². The fraction of sp³-hybridized carbons (Fsp3) is 0.420. The zero-order valence-electron chi connectivity index (χ0n) is 78.2. The van der Waals surface area contributed by atoms with Crippen LogP contribution in [0.25, 0.3) is 21.3 Å². The van der Waals surface area contributed by atoms with Gasteiger partial charge in [0.15, 0.2) is 11.6 Å².